The number of nitriles is 1. The predicted octanol–water partition coefficient (Wildman–Crippen LogP) is 4.08. The Kier molecular flexibility index (Phi) is 3.79. The van der Waals surface area contributed by atoms with Gasteiger partial charge in [-0.2, -0.15) is 5.26 Å². The van der Waals surface area contributed by atoms with Gasteiger partial charge in [-0.15, -0.1) is 5.10 Å². The molecule has 0 radical (unpaired) electrons. The molecular formula is C21H21N7. The van der Waals surface area contributed by atoms with Gasteiger partial charge in [0.05, 0.1) is 34.6 Å². The lowest BCUT2D eigenvalue weighted by molar-refractivity contribution is 0.544. The van der Waals surface area contributed by atoms with Crippen molar-refractivity contribution in [1.29, 1.82) is 5.26 Å². The topological polar surface area (TPSA) is 95.2 Å². The van der Waals surface area contributed by atoms with E-state index < -0.39 is 0 Å². The minimum Gasteiger partial charge on any atom is -0.381 e. The Balaban J connectivity index is 1.68. The van der Waals surface area contributed by atoms with Crippen molar-refractivity contribution in [2.75, 3.05) is 5.32 Å². The van der Waals surface area contributed by atoms with Crippen LogP contribution >= 0.6 is 0 Å². The van der Waals surface area contributed by atoms with Gasteiger partial charge in [0.2, 0.25) is 0 Å². The standard InChI is InChI=1S/C21H21N7/c1-12(2)24-20-16(18-11-28(27-26-18)10-13-3-4-13)9-23-19-15-6-5-14(8-22)7-17(15)25-21(19)20/h5-7,9,11-13,25H,3-4,10H2,1-2H3,(H,23,24). The van der Waals surface area contributed by atoms with Gasteiger partial charge in [-0.25, -0.2) is 0 Å². The second-order valence-electron chi connectivity index (χ2n) is 7.84. The molecule has 3 heterocycles. The SMILES string of the molecule is CC(C)Nc1c(-c2cn(CC3CC3)nn2)cnc2c1[nH]c1cc(C#N)ccc12. The van der Waals surface area contributed by atoms with Crippen LogP contribution in [0.15, 0.2) is 30.6 Å². The van der Waals surface area contributed by atoms with Crippen molar-refractivity contribution in [2.45, 2.75) is 39.3 Å². The highest BCUT2D eigenvalue weighted by molar-refractivity contribution is 6.11. The molecule has 1 aliphatic rings. The van der Waals surface area contributed by atoms with Gasteiger partial charge in [0.15, 0.2) is 0 Å². The summed E-state index contributed by atoms with van der Waals surface area (Å²) < 4.78 is 1.93. The molecule has 0 aliphatic heterocycles. The Bertz CT molecular complexity index is 1220. The molecule has 7 nitrogen and oxygen atoms in total. The fraction of sp³-hybridized carbons (Fsp3) is 0.333. The van der Waals surface area contributed by atoms with Crippen LogP contribution in [0.25, 0.3) is 33.2 Å². The van der Waals surface area contributed by atoms with Crippen LogP contribution in [0, 0.1) is 17.2 Å². The number of nitrogens with one attached hydrogen (secondary N) is 2. The Hall–Kier alpha value is -3.40. The molecule has 1 aromatic carbocycles. The van der Waals surface area contributed by atoms with Gasteiger partial charge in [0.1, 0.15) is 5.69 Å². The number of benzene rings is 1. The molecule has 0 atom stereocenters. The van der Waals surface area contributed by atoms with Gasteiger partial charge in [0, 0.05) is 35.2 Å². The number of anilines is 1. The van der Waals surface area contributed by atoms with Gasteiger partial charge in [0.25, 0.3) is 0 Å². The number of aromatic nitrogens is 5. The normalized spacial score (nSPS) is 14.1. The minimum atomic E-state index is 0.243. The van der Waals surface area contributed by atoms with Crippen LogP contribution in [-0.2, 0) is 6.54 Å². The van der Waals surface area contributed by atoms with E-state index in [1.165, 1.54) is 12.8 Å². The van der Waals surface area contributed by atoms with E-state index >= 15 is 0 Å². The second-order valence-corrected chi connectivity index (χ2v) is 7.84. The van der Waals surface area contributed by atoms with Gasteiger partial charge in [-0.05, 0) is 50.8 Å². The zero-order valence-corrected chi connectivity index (χ0v) is 15.9. The molecule has 5 rings (SSSR count). The first kappa shape index (κ1) is 16.8. The molecule has 0 bridgehead atoms. The summed E-state index contributed by atoms with van der Waals surface area (Å²) in [7, 11) is 0. The summed E-state index contributed by atoms with van der Waals surface area (Å²) in [5.74, 6) is 0.742. The summed E-state index contributed by atoms with van der Waals surface area (Å²) in [5.41, 5.74) is 6.05. The van der Waals surface area contributed by atoms with E-state index in [1.54, 1.807) is 0 Å². The highest BCUT2D eigenvalue weighted by Gasteiger charge is 2.23. The molecule has 1 aliphatic carbocycles. The smallest absolute Gasteiger partial charge is 0.116 e. The average molecular weight is 371 g/mol. The molecule has 0 unspecified atom stereocenters. The molecule has 0 saturated heterocycles. The van der Waals surface area contributed by atoms with Crippen LogP contribution in [0.3, 0.4) is 0 Å². The van der Waals surface area contributed by atoms with Crippen molar-refractivity contribution in [3.63, 3.8) is 0 Å². The van der Waals surface area contributed by atoms with Crippen molar-refractivity contribution in [2.24, 2.45) is 5.92 Å². The summed E-state index contributed by atoms with van der Waals surface area (Å²) in [4.78, 5) is 8.18. The van der Waals surface area contributed by atoms with Crippen molar-refractivity contribution < 1.29 is 0 Å². The second kappa shape index (κ2) is 6.34. The van der Waals surface area contributed by atoms with Crippen LogP contribution in [0.4, 0.5) is 5.69 Å². The molecule has 28 heavy (non-hydrogen) atoms. The Morgan fingerprint density at radius 2 is 2.21 bits per heavy atom. The summed E-state index contributed by atoms with van der Waals surface area (Å²) in [6.45, 7) is 5.14. The largest absolute Gasteiger partial charge is 0.381 e. The fourth-order valence-corrected chi connectivity index (χ4v) is 3.60. The van der Waals surface area contributed by atoms with E-state index in [-0.39, 0.29) is 6.04 Å². The zero-order valence-electron chi connectivity index (χ0n) is 15.9. The predicted molar refractivity (Wildman–Crippen MR) is 109 cm³/mol. The number of aromatic amines is 1. The lowest BCUT2D eigenvalue weighted by Crippen LogP contribution is -2.11. The van der Waals surface area contributed by atoms with E-state index in [4.69, 9.17) is 4.98 Å². The van der Waals surface area contributed by atoms with Gasteiger partial charge in [-0.1, -0.05) is 5.21 Å². The van der Waals surface area contributed by atoms with Gasteiger partial charge < -0.3 is 10.3 Å². The molecule has 7 heteroatoms. The zero-order chi connectivity index (χ0) is 19.3. The maximum absolute atomic E-state index is 9.20. The minimum absolute atomic E-state index is 0.243. The third-order valence-corrected chi connectivity index (χ3v) is 5.13. The van der Waals surface area contributed by atoms with E-state index in [0.29, 0.717) is 5.56 Å². The highest BCUT2D eigenvalue weighted by atomic mass is 15.4. The van der Waals surface area contributed by atoms with E-state index in [1.807, 2.05) is 35.3 Å². The quantitative estimate of drug-likeness (QED) is 0.551. The van der Waals surface area contributed by atoms with Crippen LogP contribution < -0.4 is 5.32 Å². The van der Waals surface area contributed by atoms with Gasteiger partial charge >= 0.3 is 0 Å². The molecule has 2 N–H and O–H groups in total. The molecule has 0 amide bonds. The Morgan fingerprint density at radius 1 is 1.36 bits per heavy atom. The number of H-pyrrole nitrogens is 1. The maximum Gasteiger partial charge on any atom is 0.116 e. The molecule has 1 fully saturated rings. The molecule has 3 aromatic heterocycles. The number of hydrogen-bond donors (Lipinski definition) is 2. The van der Waals surface area contributed by atoms with Crippen LogP contribution in [0.1, 0.15) is 32.3 Å². The van der Waals surface area contributed by atoms with Crippen LogP contribution in [-0.4, -0.2) is 31.0 Å². The third kappa shape index (κ3) is 2.87. The summed E-state index contributed by atoms with van der Waals surface area (Å²) >= 11 is 0. The van der Waals surface area contributed by atoms with E-state index in [9.17, 15) is 5.26 Å². The summed E-state index contributed by atoms with van der Waals surface area (Å²) in [5, 5.41) is 22.5. The first-order chi connectivity index (χ1) is 13.6. The highest BCUT2D eigenvalue weighted by Crippen LogP contribution is 2.36. The molecule has 1 saturated carbocycles. The Labute approximate surface area is 162 Å². The first-order valence-corrected chi connectivity index (χ1v) is 9.64. The van der Waals surface area contributed by atoms with Gasteiger partial charge in [-0.3, -0.25) is 9.67 Å². The van der Waals surface area contributed by atoms with Crippen molar-refractivity contribution in [3.05, 3.63) is 36.2 Å². The average Bonchev–Trinajstić information content (AvgIpc) is 3.24. The number of hydrogen-bond acceptors (Lipinski definition) is 5. The van der Waals surface area contributed by atoms with Crippen molar-refractivity contribution in [3.8, 4) is 17.3 Å². The molecular weight excluding hydrogens is 350 g/mol. The molecule has 0 spiro atoms. The summed E-state index contributed by atoms with van der Waals surface area (Å²) in [6.07, 6.45) is 6.43. The van der Waals surface area contributed by atoms with Crippen molar-refractivity contribution >= 4 is 27.6 Å². The molecule has 4 aromatic rings. The van der Waals surface area contributed by atoms with E-state index in [2.05, 4.69) is 40.5 Å². The number of fused-ring (bicyclic) bond motifs is 3. The molecule has 140 valence electrons. The number of nitrogens with zero attached hydrogens (tertiary/aromatic N) is 5. The number of pyridine rings is 1. The van der Waals surface area contributed by atoms with E-state index in [0.717, 1.165) is 51.3 Å². The fourth-order valence-electron chi connectivity index (χ4n) is 3.60. The van der Waals surface area contributed by atoms with Crippen LogP contribution in [0.5, 0.6) is 0 Å². The lowest BCUT2D eigenvalue weighted by Gasteiger charge is -2.14. The lowest BCUT2D eigenvalue weighted by atomic mass is 10.1. The Morgan fingerprint density at radius 3 is 2.96 bits per heavy atom. The number of rotatable bonds is 5. The third-order valence-electron chi connectivity index (χ3n) is 5.13. The first-order valence-electron chi connectivity index (χ1n) is 9.64. The van der Waals surface area contributed by atoms with Crippen LogP contribution in [0.2, 0.25) is 0 Å². The summed E-state index contributed by atoms with van der Waals surface area (Å²) in [6, 6.07) is 8.07. The monoisotopic (exact) mass is 371 g/mol. The van der Waals surface area contributed by atoms with Crippen molar-refractivity contribution in [1.82, 2.24) is 25.0 Å². The maximum atomic E-state index is 9.20.